The molecule has 1 spiro atoms. The van der Waals surface area contributed by atoms with Gasteiger partial charge < -0.3 is 14.4 Å². The molecule has 10 nitrogen and oxygen atoms in total. The molecule has 0 amide bonds. The average Bonchev–Trinajstić information content (AvgIpc) is 2.99. The molecule has 3 N–H and O–H groups in total. The fourth-order valence-electron chi connectivity index (χ4n) is 4.27. The second-order valence-electron chi connectivity index (χ2n) is 8.80. The van der Waals surface area contributed by atoms with Crippen LogP contribution in [0, 0.1) is 0 Å². The fraction of sp³-hybridized carbons (Fsp3) is 0.524. The van der Waals surface area contributed by atoms with Gasteiger partial charge in [0.1, 0.15) is 18.5 Å². The summed E-state index contributed by atoms with van der Waals surface area (Å²) in [7, 11) is -4.09. The second kappa shape index (κ2) is 9.33. The Balaban J connectivity index is 1.38. The van der Waals surface area contributed by atoms with Gasteiger partial charge in [0.05, 0.1) is 4.75 Å². The van der Waals surface area contributed by atoms with Crippen LogP contribution in [0.2, 0.25) is 5.02 Å². The quantitative estimate of drug-likeness (QED) is 0.427. The molecule has 2 saturated heterocycles. The number of aliphatic hydroxyl groups is 1. The Morgan fingerprint density at radius 2 is 2.03 bits per heavy atom. The second-order valence-corrected chi connectivity index (χ2v) is 12.4. The average molecular weight is 548 g/mol. The lowest BCUT2D eigenvalue weighted by Gasteiger charge is -2.43. The van der Waals surface area contributed by atoms with Crippen molar-refractivity contribution in [3.63, 3.8) is 0 Å². The number of halogens is 2. The molecular weight excluding hydrogens is 524 g/mol. The van der Waals surface area contributed by atoms with Gasteiger partial charge in [-0.25, -0.2) is 18.8 Å². The highest BCUT2D eigenvalue weighted by Crippen LogP contribution is 2.60. The highest BCUT2D eigenvalue weighted by Gasteiger charge is 2.68. The van der Waals surface area contributed by atoms with Gasteiger partial charge in [-0.3, -0.25) is 18.9 Å². The first-order chi connectivity index (χ1) is 16.6. The van der Waals surface area contributed by atoms with E-state index in [-0.39, 0.29) is 11.8 Å². The predicted octanol–water partition coefficient (Wildman–Crippen LogP) is 2.97. The molecule has 3 heterocycles. The van der Waals surface area contributed by atoms with E-state index in [9.17, 15) is 19.3 Å². The number of benzene rings is 1. The van der Waals surface area contributed by atoms with Crippen LogP contribution in [0.5, 0.6) is 5.75 Å². The third kappa shape index (κ3) is 4.73. The van der Waals surface area contributed by atoms with Gasteiger partial charge in [0.2, 0.25) is 0 Å². The number of ether oxygens (including phenoxy) is 1. The number of aromatic nitrogens is 2. The third-order valence-corrected chi connectivity index (χ3v) is 9.91. The molecular formula is C21H24ClFN3O7PS. The number of nitrogens with zero attached hydrogens (tertiary/aromatic N) is 1. The van der Waals surface area contributed by atoms with E-state index < -0.39 is 48.5 Å². The topological polar surface area (TPSA) is 132 Å². The maximum atomic E-state index is 16.1. The van der Waals surface area contributed by atoms with Crippen LogP contribution < -0.4 is 20.9 Å². The number of thioether (sulfide) groups is 1. The van der Waals surface area contributed by atoms with E-state index >= 15 is 4.39 Å². The minimum absolute atomic E-state index is 0.126. The first kappa shape index (κ1) is 25.0. The SMILES string of the molecule is O=c1ccn([C@@H]2O[C@](F)(COP(=O)(NC3CCC3)Oc3ccc(Cl)cc3)[C@@H](O)[C@]23CCS3)c(=O)[nH]1. The zero-order valence-corrected chi connectivity index (χ0v) is 20.9. The van der Waals surface area contributed by atoms with Crippen molar-refractivity contribution in [1.82, 2.24) is 14.6 Å². The van der Waals surface area contributed by atoms with Gasteiger partial charge >= 0.3 is 13.4 Å². The molecule has 35 heavy (non-hydrogen) atoms. The molecule has 3 fully saturated rings. The van der Waals surface area contributed by atoms with Crippen molar-refractivity contribution >= 4 is 31.1 Å². The van der Waals surface area contributed by atoms with Crippen LogP contribution in [0.15, 0.2) is 46.1 Å². The van der Waals surface area contributed by atoms with Crippen LogP contribution in [0.4, 0.5) is 4.39 Å². The van der Waals surface area contributed by atoms with Crippen molar-refractivity contribution in [1.29, 1.82) is 0 Å². The summed E-state index contributed by atoms with van der Waals surface area (Å²) in [6.07, 6.45) is 1.10. The zero-order valence-electron chi connectivity index (χ0n) is 18.4. The van der Waals surface area contributed by atoms with Crippen LogP contribution in [0.3, 0.4) is 0 Å². The number of alkyl halides is 1. The lowest BCUT2D eigenvalue weighted by Crippen LogP contribution is -2.54. The van der Waals surface area contributed by atoms with Gasteiger partial charge in [-0.05, 0) is 49.3 Å². The van der Waals surface area contributed by atoms with E-state index in [1.165, 1.54) is 30.1 Å². The Morgan fingerprint density at radius 1 is 1.31 bits per heavy atom. The highest BCUT2D eigenvalue weighted by molar-refractivity contribution is 8.02. The number of H-pyrrole nitrogens is 1. The monoisotopic (exact) mass is 547 g/mol. The molecule has 3 aliphatic rings. The van der Waals surface area contributed by atoms with Crippen molar-refractivity contribution in [2.75, 3.05) is 12.4 Å². The standard InChI is InChI=1S/C21H24ClFN3O7PS/c22-13-4-6-15(7-5-13)33-34(30,25-14-2-1-3-14)31-12-21(23)17(28)20(9-11-35-20)18(32-21)26-10-8-16(27)24-19(26)29/h4-8,10,14,17-18,28H,1-3,9,11-12H2,(H,25,30)(H,24,27,29)/t17-,18+,20+,21+,34?/m0/s1. The largest absolute Gasteiger partial charge is 0.459 e. The predicted molar refractivity (Wildman–Crippen MR) is 128 cm³/mol. The van der Waals surface area contributed by atoms with Gasteiger partial charge in [-0.15, -0.1) is 11.8 Å². The van der Waals surface area contributed by atoms with E-state index in [1.807, 2.05) is 0 Å². The molecule has 5 atom stereocenters. The zero-order chi connectivity index (χ0) is 24.8. The lowest BCUT2D eigenvalue weighted by atomic mass is 9.93. The molecule has 0 radical (unpaired) electrons. The molecule has 0 bridgehead atoms. The first-order valence-electron chi connectivity index (χ1n) is 11.1. The smallest absolute Gasteiger partial charge is 0.413 e. The van der Waals surface area contributed by atoms with E-state index in [4.69, 9.17) is 25.4 Å². The molecule has 14 heteroatoms. The van der Waals surface area contributed by atoms with Crippen molar-refractivity contribution in [3.05, 3.63) is 62.4 Å². The van der Waals surface area contributed by atoms with Crippen molar-refractivity contribution in [2.24, 2.45) is 0 Å². The number of nitrogens with one attached hydrogen (secondary N) is 2. The number of hydrogen-bond acceptors (Lipinski definition) is 8. The Hall–Kier alpha value is -1.66. The summed E-state index contributed by atoms with van der Waals surface area (Å²) in [6, 6.07) is 7.10. The Morgan fingerprint density at radius 3 is 2.60 bits per heavy atom. The molecule has 1 aromatic carbocycles. The summed E-state index contributed by atoms with van der Waals surface area (Å²) in [5, 5.41) is 14.3. The number of hydrogen-bond donors (Lipinski definition) is 3. The van der Waals surface area contributed by atoms with Crippen molar-refractivity contribution < 1.29 is 27.8 Å². The van der Waals surface area contributed by atoms with Crippen molar-refractivity contribution in [2.45, 2.75) is 54.7 Å². The molecule has 1 saturated carbocycles. The number of rotatable bonds is 8. The van der Waals surface area contributed by atoms with E-state index in [0.717, 1.165) is 29.9 Å². The summed E-state index contributed by atoms with van der Waals surface area (Å²) in [6.45, 7) is -0.921. The maximum Gasteiger partial charge on any atom is 0.459 e. The summed E-state index contributed by atoms with van der Waals surface area (Å²) >= 11 is 7.15. The lowest BCUT2D eigenvalue weighted by molar-refractivity contribution is -0.204. The van der Waals surface area contributed by atoms with E-state index in [1.54, 1.807) is 12.1 Å². The number of aromatic amines is 1. The van der Waals surface area contributed by atoms with Crippen LogP contribution in [0.25, 0.3) is 0 Å². The van der Waals surface area contributed by atoms with Gasteiger partial charge in [-0.2, -0.15) is 0 Å². The van der Waals surface area contributed by atoms with E-state index in [0.29, 0.717) is 17.2 Å². The molecule has 2 aromatic rings. The van der Waals surface area contributed by atoms with Gasteiger partial charge in [0.25, 0.3) is 11.4 Å². The summed E-state index contributed by atoms with van der Waals surface area (Å²) in [4.78, 5) is 26.0. The van der Waals surface area contributed by atoms with Crippen LogP contribution >= 0.6 is 31.1 Å². The van der Waals surface area contributed by atoms with Crippen LogP contribution in [-0.4, -0.2) is 49.8 Å². The minimum Gasteiger partial charge on any atom is -0.413 e. The van der Waals surface area contributed by atoms with Gasteiger partial charge in [0.15, 0.2) is 6.23 Å². The molecule has 1 aromatic heterocycles. The van der Waals surface area contributed by atoms with Gasteiger partial charge in [-0.1, -0.05) is 18.0 Å². The Bertz CT molecular complexity index is 1250. The molecule has 190 valence electrons. The van der Waals surface area contributed by atoms with Crippen LogP contribution in [-0.2, 0) is 13.8 Å². The number of aliphatic hydroxyl groups excluding tert-OH is 1. The van der Waals surface area contributed by atoms with E-state index in [2.05, 4.69) is 10.1 Å². The summed E-state index contributed by atoms with van der Waals surface area (Å²) in [5.74, 6) is -1.98. The normalized spacial score (nSPS) is 32.1. The van der Waals surface area contributed by atoms with Gasteiger partial charge in [0, 0.05) is 23.3 Å². The van der Waals surface area contributed by atoms with Crippen LogP contribution in [0.1, 0.15) is 31.9 Å². The minimum atomic E-state index is -4.09. The molecule has 1 aliphatic carbocycles. The fourth-order valence-corrected chi connectivity index (χ4v) is 7.34. The molecule has 1 unspecified atom stereocenters. The Kier molecular flexibility index (Phi) is 6.67. The molecule has 2 aliphatic heterocycles. The highest BCUT2D eigenvalue weighted by atomic mass is 35.5. The van der Waals surface area contributed by atoms with Crippen molar-refractivity contribution in [3.8, 4) is 5.75 Å². The third-order valence-electron chi connectivity index (χ3n) is 6.48. The molecule has 5 rings (SSSR count). The first-order valence-corrected chi connectivity index (χ1v) is 14.0. The Labute approximate surface area is 208 Å². The summed E-state index contributed by atoms with van der Waals surface area (Å²) < 4.78 is 46.2. The summed E-state index contributed by atoms with van der Waals surface area (Å²) in [5.41, 5.74) is -1.41. The maximum absolute atomic E-state index is 16.1.